The lowest BCUT2D eigenvalue weighted by Gasteiger charge is -2.38. The molecule has 0 bridgehead atoms. The van der Waals surface area contributed by atoms with Crippen LogP contribution >= 0.6 is 0 Å². The van der Waals surface area contributed by atoms with Gasteiger partial charge < -0.3 is 15.0 Å². The van der Waals surface area contributed by atoms with Crippen LogP contribution in [-0.4, -0.2) is 35.9 Å². The lowest BCUT2D eigenvalue weighted by molar-refractivity contribution is -0.134. The minimum Gasteiger partial charge on any atom is -0.481 e. The lowest BCUT2D eigenvalue weighted by Crippen LogP contribution is -2.41. The molecule has 5 heteroatoms. The number of carbonyl (C=O) groups excluding carboxylic acids is 2. The fourth-order valence-corrected chi connectivity index (χ4v) is 4.28. The quantitative estimate of drug-likeness (QED) is 0.551. The van der Waals surface area contributed by atoms with Crippen molar-refractivity contribution < 1.29 is 14.3 Å². The third-order valence-electron chi connectivity index (χ3n) is 6.00. The van der Waals surface area contributed by atoms with Gasteiger partial charge in [-0.1, -0.05) is 62.7 Å². The molecule has 1 heterocycles. The summed E-state index contributed by atoms with van der Waals surface area (Å²) in [4.78, 5) is 27.7. The minimum atomic E-state index is -0.580. The Morgan fingerprint density at radius 3 is 2.58 bits per heavy atom. The summed E-state index contributed by atoms with van der Waals surface area (Å²) in [6, 6.07) is 14.2. The van der Waals surface area contributed by atoms with Crippen LogP contribution in [0.1, 0.15) is 61.9 Å². The molecule has 2 atom stereocenters. The third-order valence-corrected chi connectivity index (χ3v) is 6.00. The van der Waals surface area contributed by atoms with Crippen LogP contribution in [0.25, 0.3) is 0 Å². The molecular weight excluding hydrogens is 412 g/mol. The number of carbonyl (C=O) groups is 2. The number of amides is 2. The number of hydrogen-bond donors (Lipinski definition) is 1. The van der Waals surface area contributed by atoms with E-state index in [-0.39, 0.29) is 17.9 Å². The Morgan fingerprint density at radius 1 is 1.21 bits per heavy atom. The zero-order valence-electron chi connectivity index (χ0n) is 20.3. The third kappa shape index (κ3) is 6.04. The molecule has 0 fully saturated rings. The standard InChI is InChI=1S/C28H36N2O3/c1-6-15-29-28(32)25(7-2)33-23-13-12-21-14-16-30(26(31)17-19(3)4)27(24(21)18-23)22-10-8-20(5)9-11-22/h6,8-13,18-19,25,27H,1,7,14-17H2,2-5H3,(H,29,32). The van der Waals surface area contributed by atoms with Crippen molar-refractivity contribution >= 4 is 11.8 Å². The zero-order valence-corrected chi connectivity index (χ0v) is 20.3. The summed E-state index contributed by atoms with van der Waals surface area (Å²) in [6.45, 7) is 12.9. The van der Waals surface area contributed by atoms with Crippen molar-refractivity contribution in [3.8, 4) is 5.75 Å². The van der Waals surface area contributed by atoms with E-state index in [1.807, 2.05) is 24.0 Å². The molecule has 0 aromatic heterocycles. The van der Waals surface area contributed by atoms with E-state index in [9.17, 15) is 9.59 Å². The summed E-state index contributed by atoms with van der Waals surface area (Å²) in [5.41, 5.74) is 4.56. The van der Waals surface area contributed by atoms with Crippen LogP contribution in [0.5, 0.6) is 5.75 Å². The molecule has 2 amide bonds. The summed E-state index contributed by atoms with van der Waals surface area (Å²) in [5.74, 6) is 0.956. The van der Waals surface area contributed by atoms with E-state index in [2.05, 4.69) is 63.0 Å². The van der Waals surface area contributed by atoms with E-state index in [1.54, 1.807) is 6.08 Å². The second kappa shape index (κ2) is 11.2. The van der Waals surface area contributed by atoms with E-state index < -0.39 is 6.10 Å². The highest BCUT2D eigenvalue weighted by molar-refractivity contribution is 5.81. The SMILES string of the molecule is C=CCNC(=O)C(CC)Oc1ccc2c(c1)C(c1ccc(C)cc1)N(C(=O)CC(C)C)CC2. The molecule has 2 aromatic rings. The van der Waals surface area contributed by atoms with Crippen LogP contribution < -0.4 is 10.1 Å². The van der Waals surface area contributed by atoms with Gasteiger partial charge in [-0.25, -0.2) is 0 Å². The monoisotopic (exact) mass is 448 g/mol. The number of hydrogen-bond acceptors (Lipinski definition) is 3. The van der Waals surface area contributed by atoms with Gasteiger partial charge >= 0.3 is 0 Å². The normalized spacial score (nSPS) is 16.2. The van der Waals surface area contributed by atoms with Crippen molar-refractivity contribution in [3.63, 3.8) is 0 Å². The van der Waals surface area contributed by atoms with Crippen molar-refractivity contribution in [1.82, 2.24) is 10.2 Å². The largest absolute Gasteiger partial charge is 0.481 e. The highest BCUT2D eigenvalue weighted by Crippen LogP contribution is 2.38. The van der Waals surface area contributed by atoms with E-state index in [0.29, 0.717) is 37.6 Å². The topological polar surface area (TPSA) is 58.6 Å². The van der Waals surface area contributed by atoms with Gasteiger partial charge in [-0.15, -0.1) is 6.58 Å². The summed E-state index contributed by atoms with van der Waals surface area (Å²) >= 11 is 0. The molecule has 2 aromatic carbocycles. The molecule has 1 aliphatic heterocycles. The van der Waals surface area contributed by atoms with Crippen molar-refractivity contribution in [2.75, 3.05) is 13.1 Å². The average Bonchev–Trinajstić information content (AvgIpc) is 2.80. The van der Waals surface area contributed by atoms with E-state index in [4.69, 9.17) is 4.74 Å². The Kier molecular flexibility index (Phi) is 8.32. The predicted octanol–water partition coefficient (Wildman–Crippen LogP) is 4.97. The Morgan fingerprint density at radius 2 is 1.94 bits per heavy atom. The summed E-state index contributed by atoms with van der Waals surface area (Å²) in [7, 11) is 0. The second-order valence-electron chi connectivity index (χ2n) is 9.16. The van der Waals surface area contributed by atoms with Gasteiger partial charge in [0.05, 0.1) is 6.04 Å². The van der Waals surface area contributed by atoms with Crippen LogP contribution in [0, 0.1) is 12.8 Å². The van der Waals surface area contributed by atoms with Gasteiger partial charge in [0.2, 0.25) is 5.91 Å². The molecule has 1 N–H and O–H groups in total. The first-order chi connectivity index (χ1) is 15.8. The van der Waals surface area contributed by atoms with Crippen molar-refractivity contribution in [2.24, 2.45) is 5.92 Å². The van der Waals surface area contributed by atoms with Gasteiger partial charge in [-0.2, -0.15) is 0 Å². The fourth-order valence-electron chi connectivity index (χ4n) is 4.28. The van der Waals surface area contributed by atoms with Crippen molar-refractivity contribution in [2.45, 2.75) is 59.1 Å². The van der Waals surface area contributed by atoms with Crippen LogP contribution in [0.2, 0.25) is 0 Å². The van der Waals surface area contributed by atoms with E-state index >= 15 is 0 Å². The number of fused-ring (bicyclic) bond motifs is 1. The molecular formula is C28H36N2O3. The van der Waals surface area contributed by atoms with Gasteiger partial charge in [0.1, 0.15) is 5.75 Å². The molecule has 3 rings (SSSR count). The summed E-state index contributed by atoms with van der Waals surface area (Å²) in [6.07, 6.45) is 2.95. The van der Waals surface area contributed by atoms with Gasteiger partial charge in [-0.05, 0) is 54.5 Å². The smallest absolute Gasteiger partial charge is 0.261 e. The van der Waals surface area contributed by atoms with Gasteiger partial charge in [0.25, 0.3) is 5.91 Å². The number of aryl methyl sites for hydroxylation is 1. The lowest BCUT2D eigenvalue weighted by atomic mass is 9.87. The maximum atomic E-state index is 13.2. The maximum Gasteiger partial charge on any atom is 0.261 e. The van der Waals surface area contributed by atoms with E-state index in [1.165, 1.54) is 11.1 Å². The predicted molar refractivity (Wildman–Crippen MR) is 132 cm³/mol. The minimum absolute atomic E-state index is 0.154. The molecule has 2 unspecified atom stereocenters. The Bertz CT molecular complexity index is 981. The van der Waals surface area contributed by atoms with Crippen molar-refractivity contribution in [1.29, 1.82) is 0 Å². The van der Waals surface area contributed by atoms with Crippen molar-refractivity contribution in [3.05, 3.63) is 77.4 Å². The molecule has 1 aliphatic rings. The van der Waals surface area contributed by atoms with Crippen LogP contribution in [-0.2, 0) is 16.0 Å². The van der Waals surface area contributed by atoms with Gasteiger partial charge in [0.15, 0.2) is 6.10 Å². The molecule has 5 nitrogen and oxygen atoms in total. The fraction of sp³-hybridized carbons (Fsp3) is 0.429. The highest BCUT2D eigenvalue weighted by Gasteiger charge is 2.32. The number of ether oxygens (including phenoxy) is 1. The van der Waals surface area contributed by atoms with Crippen LogP contribution in [0.15, 0.2) is 55.1 Å². The highest BCUT2D eigenvalue weighted by atomic mass is 16.5. The number of benzene rings is 2. The molecule has 33 heavy (non-hydrogen) atoms. The summed E-state index contributed by atoms with van der Waals surface area (Å²) in [5, 5.41) is 2.81. The molecule has 0 aliphatic carbocycles. The van der Waals surface area contributed by atoms with Gasteiger partial charge in [-0.3, -0.25) is 9.59 Å². The first kappa shape index (κ1) is 24.6. The molecule has 176 valence electrons. The first-order valence-electron chi connectivity index (χ1n) is 11.9. The van der Waals surface area contributed by atoms with Gasteiger partial charge in [0, 0.05) is 19.5 Å². The first-order valence-corrected chi connectivity index (χ1v) is 11.9. The molecule has 0 radical (unpaired) electrons. The second-order valence-corrected chi connectivity index (χ2v) is 9.16. The number of nitrogens with zero attached hydrogens (tertiary/aromatic N) is 1. The number of nitrogens with one attached hydrogen (secondary N) is 1. The Balaban J connectivity index is 1.97. The van der Waals surface area contributed by atoms with Crippen LogP contribution in [0.3, 0.4) is 0 Å². The van der Waals surface area contributed by atoms with Crippen LogP contribution in [0.4, 0.5) is 0 Å². The maximum absolute atomic E-state index is 13.2. The molecule has 0 spiro atoms. The Labute approximate surface area is 197 Å². The molecule has 0 saturated heterocycles. The summed E-state index contributed by atoms with van der Waals surface area (Å²) < 4.78 is 6.10. The Hall–Kier alpha value is -3.08. The number of rotatable bonds is 9. The van der Waals surface area contributed by atoms with E-state index in [0.717, 1.165) is 17.5 Å². The molecule has 0 saturated carbocycles. The average molecular weight is 449 g/mol. The zero-order chi connectivity index (χ0) is 24.0.